The lowest BCUT2D eigenvalue weighted by atomic mass is 10.1. The number of hydrogen-bond donors (Lipinski definition) is 2. The van der Waals surface area contributed by atoms with Crippen molar-refractivity contribution < 1.29 is 9.53 Å². The van der Waals surface area contributed by atoms with Crippen molar-refractivity contribution in [3.05, 3.63) is 23.8 Å². The highest BCUT2D eigenvalue weighted by Crippen LogP contribution is 2.21. The maximum atomic E-state index is 12.3. The number of benzene rings is 1. The summed E-state index contributed by atoms with van der Waals surface area (Å²) in [6.45, 7) is 2.68. The van der Waals surface area contributed by atoms with Crippen molar-refractivity contribution in [3.8, 4) is 0 Å². The third kappa shape index (κ3) is 2.41. The van der Waals surface area contributed by atoms with Crippen molar-refractivity contribution in [2.24, 2.45) is 0 Å². The first-order chi connectivity index (χ1) is 8.49. The molecule has 2 unspecified atom stereocenters. The van der Waals surface area contributed by atoms with E-state index in [1.165, 1.54) is 0 Å². The Morgan fingerprint density at radius 1 is 1.33 bits per heavy atom. The number of hydrogen-bond acceptors (Lipinski definition) is 4. The third-order valence-corrected chi connectivity index (χ3v) is 3.38. The van der Waals surface area contributed by atoms with Crippen LogP contribution in [0.4, 0.5) is 11.4 Å². The van der Waals surface area contributed by atoms with Gasteiger partial charge in [-0.3, -0.25) is 4.79 Å². The van der Waals surface area contributed by atoms with Gasteiger partial charge in [-0.05, 0) is 31.5 Å². The van der Waals surface area contributed by atoms with Gasteiger partial charge >= 0.3 is 0 Å². The first-order valence-electron chi connectivity index (χ1n) is 6.04. The predicted octanol–water partition coefficient (Wildman–Crippen LogP) is 1.10. The van der Waals surface area contributed by atoms with Crippen molar-refractivity contribution in [2.75, 3.05) is 25.1 Å². The van der Waals surface area contributed by atoms with Crippen LogP contribution in [0.3, 0.4) is 0 Å². The molecule has 1 aromatic carbocycles. The fraction of sp³-hybridized carbons (Fsp3) is 0.462. The Kier molecular flexibility index (Phi) is 3.43. The first kappa shape index (κ1) is 12.7. The summed E-state index contributed by atoms with van der Waals surface area (Å²) in [6, 6.07) is 5.05. The molecule has 0 aliphatic carbocycles. The lowest BCUT2D eigenvalue weighted by molar-refractivity contribution is 0.0575. The molecule has 1 aromatic rings. The normalized spacial score (nSPS) is 23.0. The average molecular weight is 249 g/mol. The molecule has 5 heteroatoms. The summed E-state index contributed by atoms with van der Waals surface area (Å²) in [6.07, 6.45) is 0.929. The molecule has 0 bridgehead atoms. The van der Waals surface area contributed by atoms with Crippen LogP contribution in [0.2, 0.25) is 0 Å². The van der Waals surface area contributed by atoms with Crippen LogP contribution >= 0.6 is 0 Å². The van der Waals surface area contributed by atoms with Crippen molar-refractivity contribution in [3.63, 3.8) is 0 Å². The van der Waals surface area contributed by atoms with E-state index in [4.69, 9.17) is 16.2 Å². The molecule has 1 fully saturated rings. The van der Waals surface area contributed by atoms with Gasteiger partial charge in [0.05, 0.1) is 12.1 Å². The molecule has 1 heterocycles. The van der Waals surface area contributed by atoms with E-state index in [1.807, 2.05) is 6.92 Å². The minimum atomic E-state index is -0.0728. The highest BCUT2D eigenvalue weighted by molar-refractivity contribution is 5.96. The molecule has 1 aliphatic heterocycles. The zero-order chi connectivity index (χ0) is 13.3. The molecule has 0 spiro atoms. The summed E-state index contributed by atoms with van der Waals surface area (Å²) in [5.74, 6) is -0.0728. The second kappa shape index (κ2) is 4.86. The van der Waals surface area contributed by atoms with Gasteiger partial charge in [0, 0.05) is 30.6 Å². The Balaban J connectivity index is 2.19. The number of rotatable bonds is 2. The summed E-state index contributed by atoms with van der Waals surface area (Å²) in [5.41, 5.74) is 12.9. The van der Waals surface area contributed by atoms with Crippen molar-refractivity contribution >= 4 is 17.3 Å². The number of carbonyl (C=O) groups is 1. The van der Waals surface area contributed by atoms with E-state index in [0.29, 0.717) is 23.5 Å². The Morgan fingerprint density at radius 3 is 2.44 bits per heavy atom. The van der Waals surface area contributed by atoms with Crippen LogP contribution in [-0.4, -0.2) is 36.6 Å². The molecule has 1 saturated heterocycles. The second-order valence-corrected chi connectivity index (χ2v) is 4.74. The van der Waals surface area contributed by atoms with E-state index in [-0.39, 0.29) is 18.1 Å². The minimum Gasteiger partial charge on any atom is -0.399 e. The highest BCUT2D eigenvalue weighted by atomic mass is 16.5. The van der Waals surface area contributed by atoms with E-state index >= 15 is 0 Å². The van der Waals surface area contributed by atoms with E-state index in [9.17, 15) is 4.79 Å². The van der Waals surface area contributed by atoms with Crippen LogP contribution in [0.15, 0.2) is 18.2 Å². The first-order valence-corrected chi connectivity index (χ1v) is 6.04. The van der Waals surface area contributed by atoms with E-state index in [2.05, 4.69) is 0 Å². The molecule has 0 saturated carbocycles. The molecular weight excluding hydrogens is 230 g/mol. The molecule has 2 atom stereocenters. The Bertz CT molecular complexity index is 441. The summed E-state index contributed by atoms with van der Waals surface area (Å²) in [4.78, 5) is 14.1. The Hall–Kier alpha value is -1.75. The van der Waals surface area contributed by atoms with Crippen LogP contribution in [0.25, 0.3) is 0 Å². The summed E-state index contributed by atoms with van der Waals surface area (Å²) in [7, 11) is 1.79. The predicted molar refractivity (Wildman–Crippen MR) is 71.2 cm³/mol. The number of anilines is 2. The average Bonchev–Trinajstić information content (AvgIpc) is 2.72. The van der Waals surface area contributed by atoms with Gasteiger partial charge in [0.2, 0.25) is 0 Å². The third-order valence-electron chi connectivity index (χ3n) is 3.38. The van der Waals surface area contributed by atoms with Crippen LogP contribution in [0, 0.1) is 0 Å². The number of nitrogen functional groups attached to an aromatic ring is 2. The quantitative estimate of drug-likeness (QED) is 0.769. The number of carbonyl (C=O) groups excluding carboxylic acids is 1. The van der Waals surface area contributed by atoms with Gasteiger partial charge in [-0.15, -0.1) is 0 Å². The minimum absolute atomic E-state index is 0.0670. The summed E-state index contributed by atoms with van der Waals surface area (Å²) >= 11 is 0. The van der Waals surface area contributed by atoms with Crippen LogP contribution in [0.5, 0.6) is 0 Å². The molecule has 1 aliphatic rings. The SMILES string of the molecule is CC1OCCC1N(C)C(=O)c1cc(N)cc(N)c1. The Morgan fingerprint density at radius 2 is 1.94 bits per heavy atom. The zero-order valence-electron chi connectivity index (χ0n) is 10.7. The van der Waals surface area contributed by atoms with Crippen LogP contribution in [-0.2, 0) is 4.74 Å². The standard InChI is InChI=1S/C13H19N3O2/c1-8-12(3-4-18-8)16(2)13(17)9-5-10(14)7-11(15)6-9/h5-8,12H,3-4,14-15H2,1-2H3. The molecule has 98 valence electrons. The van der Waals surface area contributed by atoms with Crippen LogP contribution in [0.1, 0.15) is 23.7 Å². The van der Waals surface area contributed by atoms with Gasteiger partial charge < -0.3 is 21.1 Å². The van der Waals surface area contributed by atoms with E-state index in [0.717, 1.165) is 6.42 Å². The largest absolute Gasteiger partial charge is 0.399 e. The molecule has 4 N–H and O–H groups in total. The van der Waals surface area contributed by atoms with E-state index < -0.39 is 0 Å². The maximum Gasteiger partial charge on any atom is 0.254 e. The van der Waals surface area contributed by atoms with Gasteiger partial charge in [-0.2, -0.15) is 0 Å². The fourth-order valence-electron chi connectivity index (χ4n) is 2.38. The molecule has 0 aromatic heterocycles. The number of nitrogens with two attached hydrogens (primary N) is 2. The lowest BCUT2D eigenvalue weighted by Gasteiger charge is -2.27. The van der Waals surface area contributed by atoms with Crippen molar-refractivity contribution in [1.82, 2.24) is 4.90 Å². The molecule has 1 amide bonds. The summed E-state index contributed by atoms with van der Waals surface area (Å²) in [5, 5.41) is 0. The maximum absolute atomic E-state index is 12.3. The fourth-order valence-corrected chi connectivity index (χ4v) is 2.38. The molecule has 18 heavy (non-hydrogen) atoms. The van der Waals surface area contributed by atoms with Crippen molar-refractivity contribution in [2.45, 2.75) is 25.5 Å². The van der Waals surface area contributed by atoms with Gasteiger partial charge in [0.1, 0.15) is 0 Å². The lowest BCUT2D eigenvalue weighted by Crippen LogP contribution is -2.41. The van der Waals surface area contributed by atoms with Gasteiger partial charge in [-0.25, -0.2) is 0 Å². The topological polar surface area (TPSA) is 81.6 Å². The molecule has 5 nitrogen and oxygen atoms in total. The molecular formula is C13H19N3O2. The van der Waals surface area contributed by atoms with Crippen LogP contribution < -0.4 is 11.5 Å². The molecule has 2 rings (SSSR count). The van der Waals surface area contributed by atoms with Gasteiger partial charge in [-0.1, -0.05) is 0 Å². The van der Waals surface area contributed by atoms with Gasteiger partial charge in [0.25, 0.3) is 5.91 Å². The second-order valence-electron chi connectivity index (χ2n) is 4.74. The zero-order valence-corrected chi connectivity index (χ0v) is 10.7. The number of nitrogens with zero attached hydrogens (tertiary/aromatic N) is 1. The molecule has 0 radical (unpaired) electrons. The van der Waals surface area contributed by atoms with Gasteiger partial charge in [0.15, 0.2) is 0 Å². The number of amides is 1. The summed E-state index contributed by atoms with van der Waals surface area (Å²) < 4.78 is 5.48. The number of likely N-dealkylation sites (N-methyl/N-ethyl adjacent to an activating group) is 1. The van der Waals surface area contributed by atoms with Crippen molar-refractivity contribution in [1.29, 1.82) is 0 Å². The Labute approximate surface area is 107 Å². The highest BCUT2D eigenvalue weighted by Gasteiger charge is 2.31. The van der Waals surface area contributed by atoms with E-state index in [1.54, 1.807) is 30.1 Å². The number of ether oxygens (including phenoxy) is 1. The monoisotopic (exact) mass is 249 g/mol. The smallest absolute Gasteiger partial charge is 0.254 e.